The first-order valence-electron chi connectivity index (χ1n) is 5.06. The minimum absolute atomic E-state index is 0.226. The van der Waals surface area contributed by atoms with Gasteiger partial charge in [0, 0.05) is 13.1 Å². The van der Waals surface area contributed by atoms with Gasteiger partial charge in [-0.3, -0.25) is 4.79 Å². The van der Waals surface area contributed by atoms with Gasteiger partial charge in [-0.1, -0.05) is 13.8 Å². The summed E-state index contributed by atoms with van der Waals surface area (Å²) in [7, 11) is 2.07. The minimum atomic E-state index is 0.226. The van der Waals surface area contributed by atoms with Crippen molar-refractivity contribution in [1.82, 2.24) is 10.2 Å². The maximum atomic E-state index is 11.6. The van der Waals surface area contributed by atoms with E-state index in [4.69, 9.17) is 0 Å². The highest BCUT2D eigenvalue weighted by atomic mass is 16.1. The normalized spacial score (nSPS) is 23.8. The number of hydrogen-bond donors (Lipinski definition) is 1. The average molecular weight is 184 g/mol. The lowest BCUT2D eigenvalue weighted by Crippen LogP contribution is -2.34. The summed E-state index contributed by atoms with van der Waals surface area (Å²) >= 11 is 0. The molecule has 3 nitrogen and oxygen atoms in total. The van der Waals surface area contributed by atoms with Gasteiger partial charge in [-0.25, -0.2) is 0 Å². The lowest BCUT2D eigenvalue weighted by Gasteiger charge is -2.12. The molecular formula is C10H20N2O. The van der Waals surface area contributed by atoms with Crippen molar-refractivity contribution >= 4 is 5.91 Å². The van der Waals surface area contributed by atoms with E-state index in [1.165, 1.54) is 0 Å². The fourth-order valence-corrected chi connectivity index (χ4v) is 1.60. The molecule has 1 fully saturated rings. The van der Waals surface area contributed by atoms with Crippen LogP contribution >= 0.6 is 0 Å². The van der Waals surface area contributed by atoms with E-state index in [1.807, 2.05) is 0 Å². The van der Waals surface area contributed by atoms with Crippen molar-refractivity contribution in [2.24, 2.45) is 11.8 Å². The molecule has 0 radical (unpaired) electrons. The highest BCUT2D eigenvalue weighted by molar-refractivity contribution is 5.79. The lowest BCUT2D eigenvalue weighted by molar-refractivity contribution is -0.124. The van der Waals surface area contributed by atoms with Gasteiger partial charge in [0.2, 0.25) is 5.91 Å². The Morgan fingerprint density at radius 2 is 2.31 bits per heavy atom. The van der Waals surface area contributed by atoms with Crippen LogP contribution in [0.1, 0.15) is 20.3 Å². The second kappa shape index (κ2) is 4.61. The molecule has 13 heavy (non-hydrogen) atoms. The van der Waals surface area contributed by atoms with Crippen molar-refractivity contribution in [3.8, 4) is 0 Å². The van der Waals surface area contributed by atoms with Crippen LogP contribution in [0.2, 0.25) is 0 Å². The van der Waals surface area contributed by atoms with Crippen LogP contribution in [0, 0.1) is 11.8 Å². The van der Waals surface area contributed by atoms with E-state index in [9.17, 15) is 4.79 Å². The molecule has 1 heterocycles. The molecule has 1 aliphatic rings. The van der Waals surface area contributed by atoms with Crippen LogP contribution in [0.4, 0.5) is 0 Å². The van der Waals surface area contributed by atoms with Crippen molar-refractivity contribution in [2.45, 2.75) is 20.3 Å². The van der Waals surface area contributed by atoms with Crippen LogP contribution in [-0.4, -0.2) is 37.5 Å². The number of nitrogens with one attached hydrogen (secondary N) is 1. The van der Waals surface area contributed by atoms with Crippen LogP contribution in [0.25, 0.3) is 0 Å². The maximum absolute atomic E-state index is 11.6. The number of carbonyl (C=O) groups excluding carboxylic acids is 1. The van der Waals surface area contributed by atoms with Crippen LogP contribution in [0.5, 0.6) is 0 Å². The van der Waals surface area contributed by atoms with E-state index < -0.39 is 0 Å². The monoisotopic (exact) mass is 184 g/mol. The molecule has 1 atom stereocenters. The second-order valence-electron chi connectivity index (χ2n) is 4.39. The summed E-state index contributed by atoms with van der Waals surface area (Å²) in [5.74, 6) is 1.00. The summed E-state index contributed by atoms with van der Waals surface area (Å²) < 4.78 is 0. The van der Waals surface area contributed by atoms with Crippen molar-refractivity contribution in [1.29, 1.82) is 0 Å². The molecule has 0 aliphatic carbocycles. The standard InChI is InChI=1S/C10H20N2O/c1-8(2)6-11-10(13)9-4-5-12(3)7-9/h8-9H,4-7H2,1-3H3,(H,11,13). The molecule has 0 bridgehead atoms. The summed E-state index contributed by atoms with van der Waals surface area (Å²) in [6, 6.07) is 0. The van der Waals surface area contributed by atoms with Crippen molar-refractivity contribution < 1.29 is 4.79 Å². The largest absolute Gasteiger partial charge is 0.356 e. The van der Waals surface area contributed by atoms with Crippen molar-refractivity contribution in [2.75, 3.05) is 26.7 Å². The Bertz CT molecular complexity index is 180. The third kappa shape index (κ3) is 3.35. The minimum Gasteiger partial charge on any atom is -0.356 e. The Hall–Kier alpha value is -0.570. The Morgan fingerprint density at radius 3 is 2.77 bits per heavy atom. The van der Waals surface area contributed by atoms with Gasteiger partial charge >= 0.3 is 0 Å². The Balaban J connectivity index is 2.24. The molecule has 1 rings (SSSR count). The summed E-state index contributed by atoms with van der Waals surface area (Å²) in [5.41, 5.74) is 0. The van der Waals surface area contributed by atoms with Crippen LogP contribution in [0.15, 0.2) is 0 Å². The lowest BCUT2D eigenvalue weighted by atomic mass is 10.1. The smallest absolute Gasteiger partial charge is 0.224 e. The van der Waals surface area contributed by atoms with E-state index in [-0.39, 0.29) is 11.8 Å². The van der Waals surface area contributed by atoms with Gasteiger partial charge in [-0.15, -0.1) is 0 Å². The molecule has 1 amide bonds. The molecule has 1 N–H and O–H groups in total. The number of hydrogen-bond acceptors (Lipinski definition) is 2. The zero-order valence-electron chi connectivity index (χ0n) is 8.84. The quantitative estimate of drug-likeness (QED) is 0.700. The predicted octanol–water partition coefficient (Wildman–Crippen LogP) is 0.710. The van der Waals surface area contributed by atoms with Crippen LogP contribution < -0.4 is 5.32 Å². The zero-order valence-corrected chi connectivity index (χ0v) is 8.84. The Labute approximate surface area is 80.5 Å². The zero-order chi connectivity index (χ0) is 9.84. The maximum Gasteiger partial charge on any atom is 0.224 e. The number of rotatable bonds is 3. The fraction of sp³-hybridized carbons (Fsp3) is 0.900. The van der Waals surface area contributed by atoms with Crippen LogP contribution in [0.3, 0.4) is 0 Å². The molecule has 0 spiro atoms. The Kier molecular flexibility index (Phi) is 3.72. The molecule has 3 heteroatoms. The summed E-state index contributed by atoms with van der Waals surface area (Å²) in [5, 5.41) is 2.98. The molecule has 0 aromatic rings. The average Bonchev–Trinajstić information content (AvgIpc) is 2.47. The second-order valence-corrected chi connectivity index (χ2v) is 4.39. The molecule has 1 saturated heterocycles. The van der Waals surface area contributed by atoms with E-state index >= 15 is 0 Å². The molecule has 1 unspecified atom stereocenters. The number of amides is 1. The van der Waals surface area contributed by atoms with Gasteiger partial charge in [0.15, 0.2) is 0 Å². The van der Waals surface area contributed by atoms with Gasteiger partial charge in [-0.05, 0) is 25.9 Å². The first kappa shape index (κ1) is 10.5. The molecule has 1 aliphatic heterocycles. The first-order valence-corrected chi connectivity index (χ1v) is 5.06. The van der Waals surface area contributed by atoms with E-state index in [2.05, 4.69) is 31.1 Å². The molecule has 76 valence electrons. The van der Waals surface area contributed by atoms with Gasteiger partial charge in [0.1, 0.15) is 0 Å². The molecule has 0 aromatic carbocycles. The number of likely N-dealkylation sites (tertiary alicyclic amines) is 1. The molecule has 0 saturated carbocycles. The summed E-state index contributed by atoms with van der Waals surface area (Å²) in [6.45, 7) is 7.00. The number of nitrogens with zero attached hydrogens (tertiary/aromatic N) is 1. The predicted molar refractivity (Wildman–Crippen MR) is 53.5 cm³/mol. The molecular weight excluding hydrogens is 164 g/mol. The molecule has 0 aromatic heterocycles. The highest BCUT2D eigenvalue weighted by Gasteiger charge is 2.25. The third-order valence-electron chi connectivity index (χ3n) is 2.45. The van der Waals surface area contributed by atoms with E-state index in [1.54, 1.807) is 0 Å². The fourth-order valence-electron chi connectivity index (χ4n) is 1.60. The van der Waals surface area contributed by atoms with Crippen molar-refractivity contribution in [3.05, 3.63) is 0 Å². The Morgan fingerprint density at radius 1 is 1.62 bits per heavy atom. The topological polar surface area (TPSA) is 32.3 Å². The SMILES string of the molecule is CC(C)CNC(=O)C1CCN(C)C1. The van der Waals surface area contributed by atoms with E-state index in [0.29, 0.717) is 5.92 Å². The van der Waals surface area contributed by atoms with Gasteiger partial charge < -0.3 is 10.2 Å². The van der Waals surface area contributed by atoms with E-state index in [0.717, 1.165) is 26.1 Å². The van der Waals surface area contributed by atoms with Crippen molar-refractivity contribution in [3.63, 3.8) is 0 Å². The van der Waals surface area contributed by atoms with Gasteiger partial charge in [-0.2, -0.15) is 0 Å². The summed E-state index contributed by atoms with van der Waals surface area (Å²) in [6.07, 6.45) is 1.01. The van der Waals surface area contributed by atoms with Gasteiger partial charge in [0.25, 0.3) is 0 Å². The first-order chi connectivity index (χ1) is 6.09. The number of carbonyl (C=O) groups is 1. The highest BCUT2D eigenvalue weighted by Crippen LogP contribution is 2.13. The third-order valence-corrected chi connectivity index (χ3v) is 2.45. The van der Waals surface area contributed by atoms with Gasteiger partial charge in [0.05, 0.1) is 5.92 Å². The van der Waals surface area contributed by atoms with Crippen LogP contribution in [-0.2, 0) is 4.79 Å². The summed E-state index contributed by atoms with van der Waals surface area (Å²) in [4.78, 5) is 13.8.